The molecular formula is C20H24N4O6S. The third-order valence-electron chi connectivity index (χ3n) is 5.25. The number of rotatable bonds is 4. The zero-order valence-electron chi connectivity index (χ0n) is 16.6. The first-order valence-corrected chi connectivity index (χ1v) is 11.2. The lowest BCUT2D eigenvalue weighted by Gasteiger charge is -2.34. The van der Waals surface area contributed by atoms with Gasteiger partial charge in [-0.05, 0) is 54.1 Å². The van der Waals surface area contributed by atoms with Gasteiger partial charge >= 0.3 is 0 Å². The van der Waals surface area contributed by atoms with Gasteiger partial charge in [-0.15, -0.1) is 4.40 Å². The number of benzene rings is 2. The predicted octanol–water partition coefficient (Wildman–Crippen LogP) is 2.74. The molecular weight excluding hydrogens is 424 g/mol. The number of carbonyl (C=O) groups excluding carboxylic acids is 1. The van der Waals surface area contributed by atoms with Gasteiger partial charge in [0.05, 0.1) is 23.4 Å². The molecule has 1 saturated heterocycles. The van der Waals surface area contributed by atoms with Gasteiger partial charge < -0.3 is 25.6 Å². The summed E-state index contributed by atoms with van der Waals surface area (Å²) in [6.07, 6.45) is 1.63. The molecule has 1 amide bonds. The van der Waals surface area contributed by atoms with Gasteiger partial charge in [0.2, 0.25) is 0 Å². The third kappa shape index (κ3) is 4.48. The molecule has 1 fully saturated rings. The Bertz CT molecular complexity index is 1040. The molecule has 2 aliphatic rings. The highest BCUT2D eigenvalue weighted by atomic mass is 32.3. The molecule has 0 saturated carbocycles. The van der Waals surface area contributed by atoms with Crippen molar-refractivity contribution >= 4 is 28.4 Å². The Morgan fingerprint density at radius 3 is 2.90 bits per heavy atom. The van der Waals surface area contributed by atoms with Crippen LogP contribution in [-0.2, 0) is 0 Å². The Morgan fingerprint density at radius 2 is 2.10 bits per heavy atom. The molecule has 10 nitrogen and oxygen atoms in total. The van der Waals surface area contributed by atoms with Gasteiger partial charge in [-0.3, -0.25) is 18.6 Å². The molecule has 4 rings (SSSR count). The number of hydrogen-bond acceptors (Lipinski definition) is 9. The monoisotopic (exact) mass is 448 g/mol. The zero-order chi connectivity index (χ0) is 22.2. The number of nitrogens with two attached hydrogens (primary N) is 1. The van der Waals surface area contributed by atoms with Crippen LogP contribution in [-0.4, -0.2) is 55.7 Å². The number of phenols is 2. The first kappa shape index (κ1) is 21.1. The Labute approximate surface area is 180 Å². The van der Waals surface area contributed by atoms with Gasteiger partial charge in [-0.1, -0.05) is 6.07 Å². The van der Waals surface area contributed by atoms with Crippen molar-refractivity contribution in [3.8, 4) is 17.2 Å². The maximum Gasteiger partial charge on any atom is 0.257 e. The number of amidine groups is 1. The van der Waals surface area contributed by atoms with Crippen LogP contribution in [0.25, 0.3) is 0 Å². The third-order valence-corrected chi connectivity index (χ3v) is 6.19. The van der Waals surface area contributed by atoms with Gasteiger partial charge in [-0.2, -0.15) is 0 Å². The van der Waals surface area contributed by atoms with Gasteiger partial charge in [0, 0.05) is 19.0 Å². The summed E-state index contributed by atoms with van der Waals surface area (Å²) in [5, 5.41) is 19.6. The number of fused-ring (bicyclic) bond motifs is 1. The Hall–Kier alpha value is -3.15. The van der Waals surface area contributed by atoms with E-state index < -0.39 is 11.0 Å². The van der Waals surface area contributed by atoms with Crippen LogP contribution in [0.1, 0.15) is 28.8 Å². The number of phenolic OH excluding ortho intramolecular Hbond substituents is 2. The molecule has 2 aromatic rings. The molecule has 2 aromatic carbocycles. The number of aromatic hydroxyl groups is 2. The summed E-state index contributed by atoms with van der Waals surface area (Å²) in [6, 6.07) is 8.95. The van der Waals surface area contributed by atoms with Gasteiger partial charge in [0.25, 0.3) is 5.91 Å². The molecule has 0 aliphatic carbocycles. The fraction of sp³-hybridized carbons (Fsp3) is 0.300. The topological polar surface area (TPSA) is 161 Å². The van der Waals surface area contributed by atoms with Crippen molar-refractivity contribution in [3.05, 3.63) is 47.5 Å². The standard InChI is InChI=1S/C20H24N4O6S/c21-19-18-15(22-31(28,29)23-19)4-1-5-17(18)30-11-12-3-2-8-24(10-12)20(27)14-9-13(25)6-7-16(14)26/h1,4-7,9,12,22,25-26,28-29H,2-3,8,10-11H2,(H2,21,23). The minimum atomic E-state index is -3.37. The van der Waals surface area contributed by atoms with E-state index in [9.17, 15) is 24.1 Å². The van der Waals surface area contributed by atoms with Crippen molar-refractivity contribution < 1.29 is 28.8 Å². The first-order valence-electron chi connectivity index (χ1n) is 9.72. The second-order valence-corrected chi connectivity index (χ2v) is 8.97. The minimum absolute atomic E-state index is 0.0239. The molecule has 2 aliphatic heterocycles. The van der Waals surface area contributed by atoms with Crippen molar-refractivity contribution in [1.82, 2.24) is 4.90 Å². The highest BCUT2D eigenvalue weighted by Crippen LogP contribution is 2.46. The maximum absolute atomic E-state index is 12.8. The number of likely N-dealkylation sites (tertiary alicyclic amines) is 1. The van der Waals surface area contributed by atoms with Crippen LogP contribution in [0.2, 0.25) is 0 Å². The molecule has 31 heavy (non-hydrogen) atoms. The van der Waals surface area contributed by atoms with E-state index in [-0.39, 0.29) is 34.7 Å². The highest BCUT2D eigenvalue weighted by Gasteiger charge is 2.28. The number of anilines is 1. The normalized spacial score (nSPS) is 20.8. The van der Waals surface area contributed by atoms with Gasteiger partial charge in [0.1, 0.15) is 17.2 Å². The molecule has 166 valence electrons. The van der Waals surface area contributed by atoms with Crippen molar-refractivity contribution in [1.29, 1.82) is 0 Å². The molecule has 2 heterocycles. The summed E-state index contributed by atoms with van der Waals surface area (Å²) in [4.78, 5) is 14.5. The van der Waals surface area contributed by atoms with Crippen molar-refractivity contribution in [2.24, 2.45) is 16.0 Å². The van der Waals surface area contributed by atoms with Crippen molar-refractivity contribution in [2.75, 3.05) is 24.4 Å². The van der Waals surface area contributed by atoms with Gasteiger partial charge in [0.15, 0.2) is 5.84 Å². The highest BCUT2D eigenvalue weighted by molar-refractivity contribution is 8.24. The van der Waals surface area contributed by atoms with E-state index in [0.717, 1.165) is 12.8 Å². The van der Waals surface area contributed by atoms with E-state index in [4.69, 9.17) is 10.5 Å². The lowest BCUT2D eigenvalue weighted by molar-refractivity contribution is 0.0630. The molecule has 1 unspecified atom stereocenters. The van der Waals surface area contributed by atoms with Crippen LogP contribution < -0.4 is 15.2 Å². The quantitative estimate of drug-likeness (QED) is 0.389. The summed E-state index contributed by atoms with van der Waals surface area (Å²) < 4.78 is 31.8. The second-order valence-electron chi connectivity index (χ2n) is 7.55. The largest absolute Gasteiger partial charge is 0.508 e. The van der Waals surface area contributed by atoms with Crippen LogP contribution in [0, 0.1) is 5.92 Å². The summed E-state index contributed by atoms with van der Waals surface area (Å²) in [5.41, 5.74) is 6.86. The molecule has 0 radical (unpaired) electrons. The van der Waals surface area contributed by atoms with Crippen molar-refractivity contribution in [2.45, 2.75) is 12.8 Å². The molecule has 11 heteroatoms. The number of nitrogens with one attached hydrogen (secondary N) is 1. The number of nitrogens with zero attached hydrogens (tertiary/aromatic N) is 2. The average molecular weight is 449 g/mol. The van der Waals surface area contributed by atoms with E-state index in [1.54, 1.807) is 23.1 Å². The fourth-order valence-corrected chi connectivity index (χ4v) is 4.69. The van der Waals surface area contributed by atoms with E-state index in [1.807, 2.05) is 0 Å². The number of ether oxygens (including phenoxy) is 1. The second kappa shape index (κ2) is 8.17. The number of amides is 1. The van der Waals surface area contributed by atoms with Crippen LogP contribution in [0.3, 0.4) is 0 Å². The zero-order valence-corrected chi connectivity index (χ0v) is 17.4. The molecule has 0 spiro atoms. The van der Waals surface area contributed by atoms with Crippen LogP contribution in [0.5, 0.6) is 17.2 Å². The number of piperidine rings is 1. The van der Waals surface area contributed by atoms with Crippen LogP contribution >= 0.6 is 11.0 Å². The number of carbonyl (C=O) groups is 1. The van der Waals surface area contributed by atoms with Crippen molar-refractivity contribution in [3.63, 3.8) is 0 Å². The summed E-state index contributed by atoms with van der Waals surface area (Å²) in [7, 11) is -3.37. The predicted molar refractivity (Wildman–Crippen MR) is 118 cm³/mol. The smallest absolute Gasteiger partial charge is 0.257 e. The summed E-state index contributed by atoms with van der Waals surface area (Å²) in [6.45, 7) is 1.30. The summed E-state index contributed by atoms with van der Waals surface area (Å²) >= 11 is 0. The Kier molecular flexibility index (Phi) is 5.56. The Balaban J connectivity index is 1.45. The van der Waals surface area contributed by atoms with E-state index in [2.05, 4.69) is 9.12 Å². The van der Waals surface area contributed by atoms with E-state index in [1.165, 1.54) is 18.2 Å². The van der Waals surface area contributed by atoms with Gasteiger partial charge in [-0.25, -0.2) is 0 Å². The maximum atomic E-state index is 12.8. The van der Waals surface area contributed by atoms with Crippen LogP contribution in [0.15, 0.2) is 40.8 Å². The first-order chi connectivity index (χ1) is 14.7. The summed E-state index contributed by atoms with van der Waals surface area (Å²) in [5.74, 6) is -0.134. The fourth-order valence-electron chi connectivity index (χ4n) is 3.81. The number of hydrogen-bond donors (Lipinski definition) is 6. The van der Waals surface area contributed by atoms with E-state index >= 15 is 0 Å². The molecule has 7 N–H and O–H groups in total. The lowest BCUT2D eigenvalue weighted by Crippen LogP contribution is -2.41. The lowest BCUT2D eigenvalue weighted by atomic mass is 9.98. The van der Waals surface area contributed by atoms with Crippen LogP contribution in [0.4, 0.5) is 5.69 Å². The molecule has 0 aromatic heterocycles. The molecule has 0 bridgehead atoms. The Morgan fingerprint density at radius 1 is 1.29 bits per heavy atom. The molecule has 1 atom stereocenters. The minimum Gasteiger partial charge on any atom is -0.508 e. The average Bonchev–Trinajstić information content (AvgIpc) is 2.72. The SMILES string of the molecule is NC1=NS(O)(O)Nc2cccc(OCC3CCCN(C(=O)c4cc(O)ccc4O)C3)c21. The van der Waals surface area contributed by atoms with E-state index in [0.29, 0.717) is 36.7 Å².